The third-order valence-corrected chi connectivity index (χ3v) is 13.6. The van der Waals surface area contributed by atoms with Crippen LogP contribution in [0.3, 0.4) is 0 Å². The molecule has 56 heavy (non-hydrogen) atoms. The van der Waals surface area contributed by atoms with E-state index < -0.39 is 0 Å². The highest BCUT2D eigenvalue weighted by Gasteiger charge is 2.32. The van der Waals surface area contributed by atoms with Gasteiger partial charge in [0.15, 0.2) is 17.5 Å². The molecule has 1 unspecified atom stereocenters. The van der Waals surface area contributed by atoms with Crippen molar-refractivity contribution in [2.45, 2.75) is 6.42 Å². The van der Waals surface area contributed by atoms with Gasteiger partial charge in [-0.2, -0.15) is 0 Å². The summed E-state index contributed by atoms with van der Waals surface area (Å²) in [5.41, 5.74) is 8.64. The van der Waals surface area contributed by atoms with Crippen molar-refractivity contribution < 1.29 is 0 Å². The molecule has 10 aromatic rings. The van der Waals surface area contributed by atoms with Crippen molar-refractivity contribution in [3.63, 3.8) is 0 Å². The van der Waals surface area contributed by atoms with Crippen molar-refractivity contribution in [1.29, 1.82) is 0 Å². The van der Waals surface area contributed by atoms with Gasteiger partial charge in [-0.25, -0.2) is 15.0 Å². The fraction of sp³-hybridized carbons (Fsp3) is 0.0400. The highest BCUT2D eigenvalue weighted by atomic mass is 32.1. The summed E-state index contributed by atoms with van der Waals surface area (Å²) in [5, 5.41) is 7.35. The summed E-state index contributed by atoms with van der Waals surface area (Å²) in [5.74, 6) is 2.08. The zero-order chi connectivity index (χ0) is 36.7. The molecule has 2 aliphatic rings. The molecule has 6 heteroatoms. The van der Waals surface area contributed by atoms with Crippen LogP contribution in [-0.4, -0.2) is 20.7 Å². The molecule has 0 saturated carbocycles. The molecular weight excluding hydrogens is 721 g/mol. The van der Waals surface area contributed by atoms with Gasteiger partial charge in [0.2, 0.25) is 0 Å². The van der Waals surface area contributed by atoms with Gasteiger partial charge in [0.25, 0.3) is 0 Å². The topological polar surface area (TPSA) is 51.0 Å². The largest absolute Gasteiger partial charge is 0.252 e. The van der Waals surface area contributed by atoms with Crippen LogP contribution in [0.15, 0.2) is 163 Å². The number of hydrogen-bond donors (Lipinski definition) is 0. The number of aromatic nitrogens is 3. The number of fused-ring (bicyclic) bond motifs is 10. The molecule has 0 spiro atoms. The molecule has 0 radical (unpaired) electrons. The average Bonchev–Trinajstić information content (AvgIpc) is 3.84. The third kappa shape index (κ3) is 4.96. The lowest BCUT2D eigenvalue weighted by molar-refractivity contribution is 0.905. The van der Waals surface area contributed by atoms with Crippen LogP contribution in [0.2, 0.25) is 0 Å². The fourth-order valence-corrected chi connectivity index (χ4v) is 11.0. The van der Waals surface area contributed by atoms with Crippen molar-refractivity contribution in [3.05, 3.63) is 179 Å². The molecule has 0 saturated heterocycles. The summed E-state index contributed by atoms with van der Waals surface area (Å²) in [6.45, 7) is 0. The fourth-order valence-electron chi connectivity index (χ4n) is 8.69. The highest BCUT2D eigenvalue weighted by Crippen LogP contribution is 2.44. The zero-order valence-electron chi connectivity index (χ0n) is 30.0. The molecule has 1 aliphatic carbocycles. The van der Waals surface area contributed by atoms with Crippen molar-refractivity contribution in [2.75, 3.05) is 0 Å². The lowest BCUT2D eigenvalue weighted by Crippen LogP contribution is -2.35. The second-order valence-electron chi connectivity index (χ2n) is 14.5. The molecule has 0 N–H and O–H groups in total. The maximum absolute atomic E-state index is 5.42. The first-order chi connectivity index (χ1) is 27.7. The van der Waals surface area contributed by atoms with Gasteiger partial charge in [0.1, 0.15) is 0 Å². The second-order valence-corrected chi connectivity index (χ2v) is 16.7. The molecule has 3 aromatic heterocycles. The number of thiophene rings is 2. The first kappa shape index (κ1) is 31.7. The monoisotopic (exact) mass is 750 g/mol. The first-order valence-electron chi connectivity index (χ1n) is 18.9. The van der Waals surface area contributed by atoms with Gasteiger partial charge < -0.3 is 0 Å². The Morgan fingerprint density at radius 3 is 2.02 bits per heavy atom. The SMILES string of the molecule is C1=c2sc3ccccc3c2=C2c3cc(-c4nc(-c5ccc6ccccc6c5)nc(-c5cccc6sc7ccccc7c56)n4)ccc3N=C(c3ccccc3)C2C1. The smallest absolute Gasteiger partial charge is 0.164 e. The zero-order valence-corrected chi connectivity index (χ0v) is 31.6. The Morgan fingerprint density at radius 1 is 0.482 bits per heavy atom. The summed E-state index contributed by atoms with van der Waals surface area (Å²) >= 11 is 3.69. The summed E-state index contributed by atoms with van der Waals surface area (Å²) in [4.78, 5) is 21.3. The van der Waals surface area contributed by atoms with Crippen molar-refractivity contribution in [3.8, 4) is 34.2 Å². The van der Waals surface area contributed by atoms with E-state index in [9.17, 15) is 0 Å². The lowest BCUT2D eigenvalue weighted by Gasteiger charge is -2.30. The predicted molar refractivity (Wildman–Crippen MR) is 235 cm³/mol. The molecule has 7 aromatic carbocycles. The lowest BCUT2D eigenvalue weighted by atomic mass is 9.77. The highest BCUT2D eigenvalue weighted by molar-refractivity contribution is 7.26. The molecule has 1 aliphatic heterocycles. The van der Waals surface area contributed by atoms with E-state index in [0.717, 1.165) is 45.5 Å². The van der Waals surface area contributed by atoms with Crippen LogP contribution in [0.5, 0.6) is 0 Å². The number of rotatable bonds is 4. The quantitative estimate of drug-likeness (QED) is 0.180. The molecule has 0 bridgehead atoms. The van der Waals surface area contributed by atoms with E-state index in [4.69, 9.17) is 19.9 Å². The minimum absolute atomic E-state index is 0.122. The maximum Gasteiger partial charge on any atom is 0.164 e. The summed E-state index contributed by atoms with van der Waals surface area (Å²) < 4.78 is 5.11. The Labute approximate surface area is 330 Å². The van der Waals surface area contributed by atoms with Crippen LogP contribution in [0.25, 0.3) is 86.8 Å². The van der Waals surface area contributed by atoms with Crippen molar-refractivity contribution in [1.82, 2.24) is 15.0 Å². The molecule has 12 rings (SSSR count). The molecular formula is C50H30N4S2. The number of hydrogen-bond acceptors (Lipinski definition) is 6. The third-order valence-electron chi connectivity index (χ3n) is 11.3. The van der Waals surface area contributed by atoms with Crippen LogP contribution in [-0.2, 0) is 0 Å². The van der Waals surface area contributed by atoms with Crippen molar-refractivity contribution in [2.24, 2.45) is 10.9 Å². The van der Waals surface area contributed by atoms with Crippen LogP contribution >= 0.6 is 22.7 Å². The van der Waals surface area contributed by atoms with E-state index in [0.29, 0.717) is 17.5 Å². The van der Waals surface area contributed by atoms with Crippen LogP contribution in [0, 0.1) is 5.92 Å². The van der Waals surface area contributed by atoms with Crippen LogP contribution in [0.4, 0.5) is 5.69 Å². The predicted octanol–water partition coefficient (Wildman–Crippen LogP) is 11.7. The van der Waals surface area contributed by atoms with Crippen LogP contribution < -0.4 is 9.75 Å². The summed E-state index contributed by atoms with van der Waals surface area (Å²) in [7, 11) is 0. The normalized spacial score (nSPS) is 14.8. The Hall–Kier alpha value is -6.60. The first-order valence-corrected chi connectivity index (χ1v) is 20.5. The van der Waals surface area contributed by atoms with Gasteiger partial charge in [0, 0.05) is 68.2 Å². The van der Waals surface area contributed by atoms with Crippen LogP contribution in [0.1, 0.15) is 17.5 Å². The van der Waals surface area contributed by atoms with E-state index in [1.807, 2.05) is 11.3 Å². The van der Waals surface area contributed by atoms with Crippen molar-refractivity contribution >= 4 is 86.8 Å². The van der Waals surface area contributed by atoms with Gasteiger partial charge in [-0.15, -0.1) is 22.7 Å². The van der Waals surface area contributed by atoms with Gasteiger partial charge >= 0.3 is 0 Å². The molecule has 262 valence electrons. The van der Waals surface area contributed by atoms with E-state index in [-0.39, 0.29) is 5.92 Å². The van der Waals surface area contributed by atoms with Gasteiger partial charge in [-0.3, -0.25) is 4.99 Å². The maximum atomic E-state index is 5.42. The molecule has 0 amide bonds. The Kier molecular flexibility index (Phi) is 7.06. The Morgan fingerprint density at radius 2 is 1.16 bits per heavy atom. The molecule has 0 fully saturated rings. The van der Waals surface area contributed by atoms with Gasteiger partial charge in [0.05, 0.1) is 11.4 Å². The van der Waals surface area contributed by atoms with E-state index in [1.165, 1.54) is 56.5 Å². The summed E-state index contributed by atoms with van der Waals surface area (Å²) in [6, 6.07) is 56.1. The van der Waals surface area contributed by atoms with E-state index >= 15 is 0 Å². The standard InChI is InChI=1S/C50H30N4S2/c1-2-12-30(13-3-1)47-36-24-26-43-46(35-16-7-9-19-41(35)56-43)45(36)38-28-33(23-25-39(38)51-47)49-52-48(32-22-21-29-11-4-5-14-31(29)27-32)53-50(54-49)37-17-10-20-42-44(37)34-15-6-8-18-40(34)55-42/h1-23,25-28,36H,24H2. The minimum atomic E-state index is 0.122. The number of benzene rings is 7. The Balaban J connectivity index is 1.12. The molecule has 4 nitrogen and oxygen atoms in total. The second kappa shape index (κ2) is 12.5. The van der Waals surface area contributed by atoms with Gasteiger partial charge in [-0.05, 0) is 70.8 Å². The minimum Gasteiger partial charge on any atom is -0.252 e. The number of aliphatic imine (C=N–C) groups is 1. The van der Waals surface area contributed by atoms with E-state index in [1.54, 1.807) is 11.3 Å². The summed E-state index contributed by atoms with van der Waals surface area (Å²) in [6.07, 6.45) is 3.32. The van der Waals surface area contributed by atoms with Gasteiger partial charge in [-0.1, -0.05) is 121 Å². The molecule has 4 heterocycles. The average molecular weight is 751 g/mol. The Bertz CT molecular complexity index is 3410. The molecule has 1 atom stereocenters. The number of nitrogens with zero attached hydrogens (tertiary/aromatic N) is 4. The van der Waals surface area contributed by atoms with E-state index in [2.05, 4.69) is 164 Å².